The van der Waals surface area contributed by atoms with Crippen LogP contribution in [0.4, 0.5) is 0 Å². The molecule has 0 heterocycles. The smallest absolute Gasteiger partial charge is 0.155 e. The molecule has 0 aromatic heterocycles. The maximum atomic E-state index is 12.0. The Labute approximate surface area is 146 Å². The zero-order valence-electron chi connectivity index (χ0n) is 15.5. The number of ketones is 1. The molecule has 1 unspecified atom stereocenters. The van der Waals surface area contributed by atoms with E-state index >= 15 is 0 Å². The van der Waals surface area contributed by atoms with Gasteiger partial charge in [-0.25, -0.2) is 0 Å². The Hall–Kier alpha value is -0.670. The molecule has 4 rings (SSSR count). The van der Waals surface area contributed by atoms with Crippen molar-refractivity contribution >= 4 is 5.78 Å². The molecule has 0 aliphatic heterocycles. The number of methoxy groups -OCH3 is 2. The summed E-state index contributed by atoms with van der Waals surface area (Å²) in [6.07, 6.45) is 11.6. The fourth-order valence-electron chi connectivity index (χ4n) is 7.23. The molecule has 0 N–H and O–H groups in total. The Kier molecular flexibility index (Phi) is 4.16. The Bertz CT molecular complexity index is 553. The largest absolute Gasteiger partial charge is 0.384 e. The van der Waals surface area contributed by atoms with E-state index in [1.54, 1.807) is 0 Å². The van der Waals surface area contributed by atoms with Gasteiger partial charge >= 0.3 is 0 Å². The van der Waals surface area contributed by atoms with Crippen LogP contribution >= 0.6 is 0 Å². The third kappa shape index (κ3) is 2.20. The molecule has 0 bridgehead atoms. The number of carbonyl (C=O) groups excluding carboxylic acids is 1. The van der Waals surface area contributed by atoms with Crippen LogP contribution in [0.1, 0.15) is 58.3 Å². The summed E-state index contributed by atoms with van der Waals surface area (Å²) in [5.74, 6) is 2.59. The van der Waals surface area contributed by atoms with Crippen LogP contribution in [0.15, 0.2) is 11.6 Å². The number of fused-ring (bicyclic) bond motifs is 5. The van der Waals surface area contributed by atoms with Crippen LogP contribution in [-0.4, -0.2) is 32.7 Å². The third-order valence-corrected chi connectivity index (χ3v) is 8.29. The highest BCUT2D eigenvalue weighted by molar-refractivity contribution is 5.91. The highest BCUT2D eigenvalue weighted by Gasteiger charge is 2.60. The predicted molar refractivity (Wildman–Crippen MR) is 93.7 cm³/mol. The van der Waals surface area contributed by atoms with Crippen molar-refractivity contribution in [2.24, 2.45) is 28.6 Å². The van der Waals surface area contributed by atoms with Crippen molar-refractivity contribution in [1.82, 2.24) is 0 Å². The quantitative estimate of drug-likeness (QED) is 0.778. The lowest BCUT2D eigenvalue weighted by Gasteiger charge is -2.58. The lowest BCUT2D eigenvalue weighted by molar-refractivity contribution is -0.121. The molecular weight excluding hydrogens is 300 g/mol. The minimum Gasteiger partial charge on any atom is -0.384 e. The van der Waals surface area contributed by atoms with Crippen LogP contribution in [0.25, 0.3) is 0 Å². The number of rotatable bonds is 3. The number of hydrogen-bond acceptors (Lipinski definition) is 3. The minimum absolute atomic E-state index is 0.137. The van der Waals surface area contributed by atoms with Gasteiger partial charge in [0.2, 0.25) is 0 Å². The Morgan fingerprint density at radius 2 is 1.92 bits per heavy atom. The molecule has 3 fully saturated rings. The van der Waals surface area contributed by atoms with Gasteiger partial charge in [-0.05, 0) is 74.2 Å². The van der Waals surface area contributed by atoms with Crippen molar-refractivity contribution in [2.75, 3.05) is 20.8 Å². The number of ether oxygens (including phenoxy) is 2. The number of hydrogen-bond donors (Lipinski definition) is 0. The van der Waals surface area contributed by atoms with Crippen molar-refractivity contribution in [3.63, 3.8) is 0 Å². The SMILES string of the molecule is COC[C@]12CCC(=O)C=C1CC[C@@H]1[C@H]2CC[C@]2(C)C(OC)CC[C@@H]12. The molecule has 3 saturated carbocycles. The molecule has 0 amide bonds. The molecule has 134 valence electrons. The Morgan fingerprint density at radius 3 is 2.67 bits per heavy atom. The van der Waals surface area contributed by atoms with E-state index in [9.17, 15) is 4.79 Å². The molecule has 24 heavy (non-hydrogen) atoms. The summed E-state index contributed by atoms with van der Waals surface area (Å²) in [5, 5.41) is 0. The van der Waals surface area contributed by atoms with Gasteiger partial charge < -0.3 is 9.47 Å². The molecule has 0 aromatic carbocycles. The molecule has 0 saturated heterocycles. The lowest BCUT2D eigenvalue weighted by atomic mass is 9.47. The molecule has 4 aliphatic carbocycles. The molecule has 4 aliphatic rings. The van der Waals surface area contributed by atoms with Crippen LogP contribution in [0.5, 0.6) is 0 Å². The van der Waals surface area contributed by atoms with Crippen molar-refractivity contribution in [2.45, 2.75) is 64.4 Å². The zero-order valence-corrected chi connectivity index (χ0v) is 15.5. The minimum atomic E-state index is 0.137. The van der Waals surface area contributed by atoms with Gasteiger partial charge in [-0.15, -0.1) is 0 Å². The van der Waals surface area contributed by atoms with E-state index in [0.717, 1.165) is 31.3 Å². The van der Waals surface area contributed by atoms with Gasteiger partial charge in [-0.2, -0.15) is 0 Å². The maximum Gasteiger partial charge on any atom is 0.155 e. The van der Waals surface area contributed by atoms with Crippen molar-refractivity contribution < 1.29 is 14.3 Å². The van der Waals surface area contributed by atoms with E-state index in [4.69, 9.17) is 9.47 Å². The van der Waals surface area contributed by atoms with Crippen LogP contribution in [0.2, 0.25) is 0 Å². The monoisotopic (exact) mass is 332 g/mol. The third-order valence-electron chi connectivity index (χ3n) is 8.29. The van der Waals surface area contributed by atoms with Gasteiger partial charge in [0.25, 0.3) is 0 Å². The van der Waals surface area contributed by atoms with Crippen molar-refractivity contribution in [3.8, 4) is 0 Å². The number of carbonyl (C=O) groups is 1. The summed E-state index contributed by atoms with van der Waals surface area (Å²) in [6.45, 7) is 3.28. The first-order valence-electron chi connectivity index (χ1n) is 9.81. The van der Waals surface area contributed by atoms with Crippen LogP contribution in [0.3, 0.4) is 0 Å². The van der Waals surface area contributed by atoms with E-state index in [1.165, 1.54) is 37.7 Å². The summed E-state index contributed by atoms with van der Waals surface area (Å²) < 4.78 is 11.6. The van der Waals surface area contributed by atoms with Crippen molar-refractivity contribution in [3.05, 3.63) is 11.6 Å². The molecule has 3 heteroatoms. The summed E-state index contributed by atoms with van der Waals surface area (Å²) in [7, 11) is 3.72. The second kappa shape index (κ2) is 5.95. The topological polar surface area (TPSA) is 35.5 Å². The Morgan fingerprint density at radius 1 is 1.08 bits per heavy atom. The normalized spacial score (nSPS) is 47.6. The molecule has 0 aromatic rings. The standard InChI is InChI=1S/C21H32O3/c1-20-10-9-18-16(17(20)6-7-19(20)24-3)5-4-14-12-15(22)8-11-21(14,18)13-23-2/h12,16-19H,4-11,13H2,1-3H3/t16-,17-,18+,19?,20-,21+/m0/s1. The summed E-state index contributed by atoms with van der Waals surface area (Å²) in [4.78, 5) is 12.0. The highest BCUT2D eigenvalue weighted by Crippen LogP contribution is 2.65. The van der Waals surface area contributed by atoms with E-state index in [0.29, 0.717) is 29.6 Å². The van der Waals surface area contributed by atoms with Gasteiger partial charge in [-0.1, -0.05) is 12.5 Å². The van der Waals surface area contributed by atoms with E-state index in [-0.39, 0.29) is 5.41 Å². The van der Waals surface area contributed by atoms with Gasteiger partial charge in [0.1, 0.15) is 0 Å². The Balaban J connectivity index is 1.69. The molecular formula is C21H32O3. The van der Waals surface area contributed by atoms with E-state index in [2.05, 4.69) is 6.92 Å². The van der Waals surface area contributed by atoms with E-state index in [1.807, 2.05) is 20.3 Å². The van der Waals surface area contributed by atoms with E-state index < -0.39 is 0 Å². The maximum absolute atomic E-state index is 12.0. The first-order valence-corrected chi connectivity index (χ1v) is 9.81. The highest BCUT2D eigenvalue weighted by atomic mass is 16.5. The fourth-order valence-corrected chi connectivity index (χ4v) is 7.23. The molecule has 0 radical (unpaired) electrons. The first-order chi connectivity index (χ1) is 11.5. The zero-order chi connectivity index (χ0) is 16.9. The summed E-state index contributed by atoms with van der Waals surface area (Å²) in [6, 6.07) is 0. The van der Waals surface area contributed by atoms with Crippen LogP contribution in [0, 0.1) is 28.6 Å². The van der Waals surface area contributed by atoms with Crippen LogP contribution in [-0.2, 0) is 14.3 Å². The lowest BCUT2D eigenvalue weighted by Crippen LogP contribution is -2.53. The fraction of sp³-hybridized carbons (Fsp3) is 0.857. The van der Waals surface area contributed by atoms with Gasteiger partial charge in [0.15, 0.2) is 5.78 Å². The molecule has 6 atom stereocenters. The summed E-state index contributed by atoms with van der Waals surface area (Å²) >= 11 is 0. The predicted octanol–water partition coefficient (Wildman–Crippen LogP) is 4.16. The van der Waals surface area contributed by atoms with Gasteiger partial charge in [0.05, 0.1) is 12.7 Å². The van der Waals surface area contributed by atoms with Crippen molar-refractivity contribution in [1.29, 1.82) is 0 Å². The van der Waals surface area contributed by atoms with Crippen LogP contribution < -0.4 is 0 Å². The molecule has 0 spiro atoms. The summed E-state index contributed by atoms with van der Waals surface area (Å²) in [5.41, 5.74) is 1.90. The molecule has 3 nitrogen and oxygen atoms in total. The average Bonchev–Trinajstić information content (AvgIpc) is 2.92. The van der Waals surface area contributed by atoms with Gasteiger partial charge in [-0.3, -0.25) is 4.79 Å². The average molecular weight is 332 g/mol. The second-order valence-electron chi connectivity index (χ2n) is 8.99. The second-order valence-corrected chi connectivity index (χ2v) is 8.99. The first kappa shape index (κ1) is 16.8. The van der Waals surface area contributed by atoms with Gasteiger partial charge in [0, 0.05) is 26.1 Å².